The van der Waals surface area contributed by atoms with Gasteiger partial charge in [0.1, 0.15) is 11.2 Å². The van der Waals surface area contributed by atoms with Gasteiger partial charge in [0.05, 0.1) is 5.39 Å². The Morgan fingerprint density at radius 3 is 2.83 bits per heavy atom. The van der Waals surface area contributed by atoms with Crippen molar-refractivity contribution in [3.8, 4) is 5.88 Å². The molecule has 3 rings (SSSR count). The predicted molar refractivity (Wildman–Crippen MR) is 96.8 cm³/mol. The molecule has 0 aliphatic heterocycles. The average molecular weight is 341 g/mol. The van der Waals surface area contributed by atoms with Gasteiger partial charge >= 0.3 is 0 Å². The van der Waals surface area contributed by atoms with E-state index in [0.29, 0.717) is 5.88 Å². The Kier molecular flexibility index (Phi) is 4.76. The minimum absolute atomic E-state index is 0.0848. The van der Waals surface area contributed by atoms with Gasteiger partial charge < -0.3 is 10.1 Å². The third-order valence-electron chi connectivity index (χ3n) is 3.94. The largest absolute Gasteiger partial charge is 0.467 e. The van der Waals surface area contributed by atoms with Crippen LogP contribution < -0.4 is 10.1 Å². The normalized spacial score (nSPS) is 10.8. The molecule has 3 aromatic rings. The van der Waals surface area contributed by atoms with Crippen LogP contribution in [0.25, 0.3) is 10.2 Å². The van der Waals surface area contributed by atoms with E-state index in [9.17, 15) is 4.79 Å². The minimum Gasteiger partial charge on any atom is -0.467 e. The first-order valence-corrected chi connectivity index (χ1v) is 8.63. The van der Waals surface area contributed by atoms with Crippen molar-refractivity contribution in [2.45, 2.75) is 27.2 Å². The van der Waals surface area contributed by atoms with E-state index in [4.69, 9.17) is 4.74 Å². The molecule has 2 aromatic heterocycles. The molecule has 0 saturated heterocycles. The van der Waals surface area contributed by atoms with Gasteiger partial charge in [0.15, 0.2) is 6.61 Å². The second-order valence-corrected chi connectivity index (χ2v) is 6.69. The molecule has 0 atom stereocenters. The Balaban J connectivity index is 1.73. The second kappa shape index (κ2) is 6.97. The molecule has 24 heavy (non-hydrogen) atoms. The number of carbonyl (C=O) groups is 1. The standard InChI is InChI=1S/C18H19N3O2S/c1-4-13-7-5-6-8-14(13)21-15(22)9-23-17-16-11(2)12(3)24-18(16)20-10-19-17/h5-8,10H,4,9H2,1-3H3,(H,21,22). The number of hydrogen-bond donors (Lipinski definition) is 1. The first-order valence-electron chi connectivity index (χ1n) is 7.81. The van der Waals surface area contributed by atoms with Crippen molar-refractivity contribution in [3.63, 3.8) is 0 Å². The van der Waals surface area contributed by atoms with E-state index >= 15 is 0 Å². The first-order chi connectivity index (χ1) is 11.6. The van der Waals surface area contributed by atoms with Gasteiger partial charge in [0.25, 0.3) is 5.91 Å². The van der Waals surface area contributed by atoms with Crippen molar-refractivity contribution in [3.05, 3.63) is 46.6 Å². The van der Waals surface area contributed by atoms with Gasteiger partial charge in [-0.05, 0) is 37.5 Å². The van der Waals surface area contributed by atoms with Gasteiger partial charge in [0.2, 0.25) is 5.88 Å². The van der Waals surface area contributed by atoms with Crippen molar-refractivity contribution in [2.24, 2.45) is 0 Å². The lowest BCUT2D eigenvalue weighted by Gasteiger charge is -2.10. The zero-order chi connectivity index (χ0) is 17.1. The van der Waals surface area contributed by atoms with Gasteiger partial charge in [-0.15, -0.1) is 11.3 Å². The van der Waals surface area contributed by atoms with Crippen LogP contribution in [0.15, 0.2) is 30.6 Å². The summed E-state index contributed by atoms with van der Waals surface area (Å²) in [6.45, 7) is 6.03. The van der Waals surface area contributed by atoms with Crippen LogP contribution in [0.2, 0.25) is 0 Å². The number of para-hydroxylation sites is 1. The quantitative estimate of drug-likeness (QED) is 0.765. The molecule has 1 amide bonds. The van der Waals surface area contributed by atoms with Gasteiger partial charge in [-0.3, -0.25) is 4.79 Å². The number of aryl methyl sites for hydroxylation is 3. The third-order valence-corrected chi connectivity index (χ3v) is 5.06. The number of rotatable bonds is 5. The van der Waals surface area contributed by atoms with Crippen LogP contribution in [-0.2, 0) is 11.2 Å². The van der Waals surface area contributed by atoms with Crippen LogP contribution in [-0.4, -0.2) is 22.5 Å². The smallest absolute Gasteiger partial charge is 0.262 e. The zero-order valence-corrected chi connectivity index (χ0v) is 14.7. The fourth-order valence-corrected chi connectivity index (χ4v) is 3.52. The summed E-state index contributed by atoms with van der Waals surface area (Å²) in [6.07, 6.45) is 2.33. The van der Waals surface area contributed by atoms with Gasteiger partial charge in [-0.25, -0.2) is 9.97 Å². The highest BCUT2D eigenvalue weighted by molar-refractivity contribution is 7.18. The number of fused-ring (bicyclic) bond motifs is 1. The van der Waals surface area contributed by atoms with Crippen molar-refractivity contribution in [2.75, 3.05) is 11.9 Å². The van der Waals surface area contributed by atoms with Gasteiger partial charge in [-0.1, -0.05) is 25.1 Å². The Morgan fingerprint density at radius 1 is 1.25 bits per heavy atom. The van der Waals surface area contributed by atoms with Gasteiger partial charge in [-0.2, -0.15) is 0 Å². The van der Waals surface area contributed by atoms with E-state index < -0.39 is 0 Å². The van der Waals surface area contributed by atoms with E-state index in [0.717, 1.165) is 33.5 Å². The fraction of sp³-hybridized carbons (Fsp3) is 0.278. The van der Waals surface area contributed by atoms with Crippen LogP contribution in [0.1, 0.15) is 22.9 Å². The summed E-state index contributed by atoms with van der Waals surface area (Å²) >= 11 is 1.60. The number of hydrogen-bond acceptors (Lipinski definition) is 5. The van der Waals surface area contributed by atoms with Crippen molar-refractivity contribution in [1.29, 1.82) is 0 Å². The molecule has 1 aromatic carbocycles. The lowest BCUT2D eigenvalue weighted by molar-refractivity contribution is -0.118. The van der Waals surface area contributed by atoms with Crippen molar-refractivity contribution < 1.29 is 9.53 Å². The van der Waals surface area contributed by atoms with Crippen LogP contribution in [0.5, 0.6) is 5.88 Å². The SMILES string of the molecule is CCc1ccccc1NC(=O)COc1ncnc2sc(C)c(C)c12. The number of anilines is 1. The number of nitrogens with one attached hydrogen (secondary N) is 1. The highest BCUT2D eigenvalue weighted by Crippen LogP contribution is 2.33. The molecular formula is C18H19N3O2S. The number of aromatic nitrogens is 2. The second-order valence-electron chi connectivity index (χ2n) is 5.49. The number of carbonyl (C=O) groups excluding carboxylic acids is 1. The average Bonchev–Trinajstić information content (AvgIpc) is 2.88. The molecule has 0 aliphatic rings. The van der Waals surface area contributed by atoms with E-state index in [1.807, 2.05) is 38.1 Å². The molecular weight excluding hydrogens is 322 g/mol. The highest BCUT2D eigenvalue weighted by Gasteiger charge is 2.14. The Labute approximate surface area is 144 Å². The van der Waals surface area contributed by atoms with Crippen LogP contribution in [0, 0.1) is 13.8 Å². The number of ether oxygens (including phenoxy) is 1. The van der Waals surface area contributed by atoms with E-state index in [1.165, 1.54) is 11.2 Å². The summed E-state index contributed by atoms with van der Waals surface area (Å²) < 4.78 is 5.66. The summed E-state index contributed by atoms with van der Waals surface area (Å²) in [4.78, 5) is 22.7. The van der Waals surface area contributed by atoms with Crippen molar-refractivity contribution in [1.82, 2.24) is 9.97 Å². The molecule has 0 saturated carbocycles. The molecule has 0 bridgehead atoms. The number of benzene rings is 1. The molecule has 0 fully saturated rings. The number of amides is 1. The van der Waals surface area contributed by atoms with Crippen LogP contribution in [0.3, 0.4) is 0 Å². The molecule has 0 radical (unpaired) electrons. The Bertz CT molecular complexity index is 889. The number of thiophene rings is 1. The number of nitrogens with zero attached hydrogens (tertiary/aromatic N) is 2. The Hall–Kier alpha value is -2.47. The zero-order valence-electron chi connectivity index (χ0n) is 13.9. The molecule has 2 heterocycles. The van der Waals surface area contributed by atoms with Gasteiger partial charge in [0, 0.05) is 10.6 Å². The Morgan fingerprint density at radius 2 is 2.04 bits per heavy atom. The van der Waals surface area contributed by atoms with Crippen LogP contribution >= 0.6 is 11.3 Å². The fourth-order valence-electron chi connectivity index (χ4n) is 2.53. The first kappa shape index (κ1) is 16.4. The van der Waals surface area contributed by atoms with E-state index in [2.05, 4.69) is 22.2 Å². The van der Waals surface area contributed by atoms with E-state index in [-0.39, 0.29) is 12.5 Å². The molecule has 124 valence electrons. The molecule has 6 heteroatoms. The summed E-state index contributed by atoms with van der Waals surface area (Å²) in [6, 6.07) is 7.76. The predicted octanol–water partition coefficient (Wildman–Crippen LogP) is 3.89. The summed E-state index contributed by atoms with van der Waals surface area (Å²) in [7, 11) is 0. The summed E-state index contributed by atoms with van der Waals surface area (Å²) in [5.74, 6) is 0.257. The maximum atomic E-state index is 12.2. The maximum absolute atomic E-state index is 12.2. The molecule has 5 nitrogen and oxygen atoms in total. The lowest BCUT2D eigenvalue weighted by Crippen LogP contribution is -2.21. The van der Waals surface area contributed by atoms with E-state index in [1.54, 1.807) is 11.3 Å². The monoisotopic (exact) mass is 341 g/mol. The molecule has 1 N–H and O–H groups in total. The van der Waals surface area contributed by atoms with Crippen LogP contribution in [0.4, 0.5) is 5.69 Å². The third kappa shape index (κ3) is 3.23. The summed E-state index contributed by atoms with van der Waals surface area (Å²) in [5.41, 5.74) is 3.02. The topological polar surface area (TPSA) is 64.1 Å². The minimum atomic E-state index is -0.202. The molecule has 0 spiro atoms. The lowest BCUT2D eigenvalue weighted by atomic mass is 10.1. The molecule has 0 aliphatic carbocycles. The maximum Gasteiger partial charge on any atom is 0.262 e. The molecule has 0 unspecified atom stereocenters. The summed E-state index contributed by atoms with van der Waals surface area (Å²) in [5, 5.41) is 3.79. The highest BCUT2D eigenvalue weighted by atomic mass is 32.1. The van der Waals surface area contributed by atoms with Crippen molar-refractivity contribution >= 4 is 33.1 Å².